The molecule has 1 aromatic heterocycles. The Kier molecular flexibility index (Phi) is 2.55. The molecule has 1 aromatic rings. The van der Waals surface area contributed by atoms with E-state index in [9.17, 15) is 9.59 Å². The van der Waals surface area contributed by atoms with Gasteiger partial charge in [-0.15, -0.1) is 5.10 Å². The molecule has 2 rings (SSSR count). The highest BCUT2D eigenvalue weighted by Crippen LogP contribution is 2.31. The van der Waals surface area contributed by atoms with Crippen molar-refractivity contribution in [3.63, 3.8) is 0 Å². The van der Waals surface area contributed by atoms with E-state index in [4.69, 9.17) is 5.73 Å². The minimum absolute atomic E-state index is 0.0399. The zero-order valence-electron chi connectivity index (χ0n) is 8.12. The highest BCUT2D eigenvalue weighted by atomic mass is 16.2. The molecule has 5 N–H and O–H groups in total. The quantitative estimate of drug-likeness (QED) is 0.489. The van der Waals surface area contributed by atoms with Gasteiger partial charge in [-0.3, -0.25) is 9.78 Å². The lowest BCUT2D eigenvalue weighted by Gasteiger charge is -2.10. The van der Waals surface area contributed by atoms with Crippen LogP contribution in [0.4, 0.5) is 5.82 Å². The third-order valence-corrected chi connectivity index (χ3v) is 2.44. The monoisotopic (exact) mass is 211 g/mol. The smallest absolute Gasteiger partial charge is 0.342 e. The number of nitrogens with zero attached hydrogens (tertiary/aromatic N) is 1. The van der Waals surface area contributed by atoms with Crippen molar-refractivity contribution in [3.8, 4) is 0 Å². The SMILES string of the molecule is NC(CNc1n[nH]c(=O)[nH]c1=O)C1CC1. The highest BCUT2D eigenvalue weighted by Gasteiger charge is 2.28. The maximum absolute atomic E-state index is 11.2. The van der Waals surface area contributed by atoms with E-state index in [1.54, 1.807) is 0 Å². The fourth-order valence-corrected chi connectivity index (χ4v) is 1.37. The molecular weight excluding hydrogens is 198 g/mol. The zero-order valence-corrected chi connectivity index (χ0v) is 8.12. The number of aromatic nitrogens is 3. The molecule has 7 heteroatoms. The Hall–Kier alpha value is -1.63. The van der Waals surface area contributed by atoms with Gasteiger partial charge in [0.15, 0.2) is 0 Å². The molecule has 1 atom stereocenters. The molecule has 1 aliphatic carbocycles. The molecule has 1 unspecified atom stereocenters. The second-order valence-electron chi connectivity index (χ2n) is 3.74. The van der Waals surface area contributed by atoms with Crippen LogP contribution in [0.15, 0.2) is 9.59 Å². The molecule has 0 radical (unpaired) electrons. The van der Waals surface area contributed by atoms with Gasteiger partial charge < -0.3 is 11.1 Å². The van der Waals surface area contributed by atoms with E-state index >= 15 is 0 Å². The van der Waals surface area contributed by atoms with Crippen LogP contribution in [0.2, 0.25) is 0 Å². The van der Waals surface area contributed by atoms with Crippen LogP contribution in [0.3, 0.4) is 0 Å². The lowest BCUT2D eigenvalue weighted by atomic mass is 10.2. The van der Waals surface area contributed by atoms with Crippen LogP contribution in [-0.4, -0.2) is 27.8 Å². The fourth-order valence-electron chi connectivity index (χ4n) is 1.37. The topological polar surface area (TPSA) is 117 Å². The van der Waals surface area contributed by atoms with Crippen LogP contribution in [0.25, 0.3) is 0 Å². The maximum Gasteiger partial charge on any atom is 0.342 e. The van der Waals surface area contributed by atoms with Crippen LogP contribution < -0.4 is 22.3 Å². The summed E-state index contributed by atoms with van der Waals surface area (Å²) in [6, 6.07) is 0.0399. The molecule has 0 amide bonds. The van der Waals surface area contributed by atoms with Gasteiger partial charge in [0.25, 0.3) is 5.56 Å². The molecule has 1 fully saturated rings. The number of H-pyrrole nitrogens is 2. The van der Waals surface area contributed by atoms with Crippen LogP contribution >= 0.6 is 0 Å². The first-order valence-corrected chi connectivity index (χ1v) is 4.85. The molecular formula is C8H13N5O2. The number of anilines is 1. The van der Waals surface area contributed by atoms with Crippen molar-refractivity contribution in [2.75, 3.05) is 11.9 Å². The van der Waals surface area contributed by atoms with Crippen LogP contribution in [-0.2, 0) is 0 Å². The number of rotatable bonds is 4. The third kappa shape index (κ3) is 2.44. The maximum atomic E-state index is 11.2. The Labute approximate surface area is 85.1 Å². The summed E-state index contributed by atoms with van der Waals surface area (Å²) in [4.78, 5) is 23.9. The highest BCUT2D eigenvalue weighted by molar-refractivity contribution is 5.29. The predicted octanol–water partition coefficient (Wildman–Crippen LogP) is -1.39. The predicted molar refractivity (Wildman–Crippen MR) is 54.7 cm³/mol. The van der Waals surface area contributed by atoms with Crippen molar-refractivity contribution in [3.05, 3.63) is 20.8 Å². The molecule has 0 saturated heterocycles. The van der Waals surface area contributed by atoms with E-state index in [0.29, 0.717) is 12.5 Å². The summed E-state index contributed by atoms with van der Waals surface area (Å²) in [7, 11) is 0. The van der Waals surface area contributed by atoms with Gasteiger partial charge in [-0.1, -0.05) is 0 Å². The molecule has 1 heterocycles. The van der Waals surface area contributed by atoms with Gasteiger partial charge in [-0.2, -0.15) is 0 Å². The van der Waals surface area contributed by atoms with E-state index in [-0.39, 0.29) is 11.9 Å². The number of aromatic amines is 2. The third-order valence-electron chi connectivity index (χ3n) is 2.44. The summed E-state index contributed by atoms with van der Waals surface area (Å²) < 4.78 is 0. The second kappa shape index (κ2) is 3.85. The van der Waals surface area contributed by atoms with Gasteiger partial charge in [0, 0.05) is 12.6 Å². The molecule has 0 aromatic carbocycles. The largest absolute Gasteiger partial charge is 0.362 e. The van der Waals surface area contributed by atoms with Crippen molar-refractivity contribution in [2.45, 2.75) is 18.9 Å². The summed E-state index contributed by atoms with van der Waals surface area (Å²) in [5.74, 6) is 0.657. The lowest BCUT2D eigenvalue weighted by Crippen LogP contribution is -2.34. The minimum atomic E-state index is -0.614. The molecule has 7 nitrogen and oxygen atoms in total. The van der Waals surface area contributed by atoms with Crippen molar-refractivity contribution < 1.29 is 0 Å². The van der Waals surface area contributed by atoms with Crippen LogP contribution in [0.5, 0.6) is 0 Å². The van der Waals surface area contributed by atoms with Gasteiger partial charge in [-0.05, 0) is 18.8 Å². The molecule has 82 valence electrons. The minimum Gasteiger partial charge on any atom is -0.362 e. The number of hydrogen-bond donors (Lipinski definition) is 4. The van der Waals surface area contributed by atoms with Gasteiger partial charge in [0.1, 0.15) is 0 Å². The van der Waals surface area contributed by atoms with Gasteiger partial charge >= 0.3 is 5.69 Å². The van der Waals surface area contributed by atoms with E-state index < -0.39 is 11.2 Å². The molecule has 1 aliphatic rings. The first-order valence-electron chi connectivity index (χ1n) is 4.85. The Morgan fingerprint density at radius 3 is 2.87 bits per heavy atom. The number of hydrogen-bond acceptors (Lipinski definition) is 5. The zero-order chi connectivity index (χ0) is 10.8. The van der Waals surface area contributed by atoms with Gasteiger partial charge in [0.05, 0.1) is 0 Å². The average Bonchev–Trinajstić information content (AvgIpc) is 2.99. The first kappa shape index (κ1) is 9.91. The molecule has 0 bridgehead atoms. The Morgan fingerprint density at radius 1 is 1.53 bits per heavy atom. The lowest BCUT2D eigenvalue weighted by molar-refractivity contribution is 0.618. The van der Waals surface area contributed by atoms with Gasteiger partial charge in [-0.25, -0.2) is 9.89 Å². The van der Waals surface area contributed by atoms with Crippen LogP contribution in [0, 0.1) is 5.92 Å². The van der Waals surface area contributed by atoms with Crippen molar-refractivity contribution in [2.24, 2.45) is 11.7 Å². The van der Waals surface area contributed by atoms with E-state index in [1.807, 2.05) is 0 Å². The molecule has 0 spiro atoms. The Bertz CT molecular complexity index is 447. The average molecular weight is 211 g/mol. The number of nitrogens with one attached hydrogen (secondary N) is 3. The first-order chi connectivity index (χ1) is 7.16. The van der Waals surface area contributed by atoms with Crippen molar-refractivity contribution in [1.29, 1.82) is 0 Å². The van der Waals surface area contributed by atoms with Crippen molar-refractivity contribution in [1.82, 2.24) is 15.2 Å². The van der Waals surface area contributed by atoms with E-state index in [2.05, 4.69) is 20.5 Å². The summed E-state index contributed by atoms with van der Waals surface area (Å²) in [5.41, 5.74) is 4.69. The summed E-state index contributed by atoms with van der Waals surface area (Å²) >= 11 is 0. The second-order valence-corrected chi connectivity index (χ2v) is 3.74. The fraction of sp³-hybridized carbons (Fsp3) is 0.625. The van der Waals surface area contributed by atoms with E-state index in [0.717, 1.165) is 12.8 Å². The van der Waals surface area contributed by atoms with Crippen molar-refractivity contribution >= 4 is 5.82 Å². The summed E-state index contributed by atoms with van der Waals surface area (Å²) in [5, 5.41) is 8.54. The van der Waals surface area contributed by atoms with E-state index in [1.165, 1.54) is 0 Å². The summed E-state index contributed by atoms with van der Waals surface area (Å²) in [6.07, 6.45) is 2.30. The number of nitrogens with two attached hydrogens (primary N) is 1. The Balaban J connectivity index is 1.98. The molecule has 0 aliphatic heterocycles. The summed E-state index contributed by atoms with van der Waals surface area (Å²) in [6.45, 7) is 0.493. The van der Waals surface area contributed by atoms with Crippen LogP contribution in [0.1, 0.15) is 12.8 Å². The standard InChI is InChI=1S/C8H13N5O2/c9-5(4-1-2-4)3-10-6-7(14)11-8(15)13-12-6/h4-5H,1-3,9H2,(H,10,12)(H2,11,13,14,15). The molecule has 1 saturated carbocycles. The molecule has 15 heavy (non-hydrogen) atoms. The Morgan fingerprint density at radius 2 is 2.27 bits per heavy atom. The van der Waals surface area contributed by atoms with Gasteiger partial charge in [0.2, 0.25) is 5.82 Å². The normalized spacial score (nSPS) is 17.4.